The fourth-order valence-electron chi connectivity index (χ4n) is 2.76. The number of unbranched alkanes of at least 4 members (excludes halogenated alkanes) is 5. The number of benzene rings is 1. The minimum atomic E-state index is 0.694. The van der Waals surface area contributed by atoms with Gasteiger partial charge in [0.05, 0.1) is 0 Å². The molecule has 1 atom stereocenters. The molecule has 0 spiro atoms. The topological polar surface area (TPSA) is 26.0 Å². The molecule has 1 rings (SSSR count). The van der Waals surface area contributed by atoms with Gasteiger partial charge in [-0.1, -0.05) is 76.6 Å². The molecule has 0 aromatic heterocycles. The second-order valence-corrected chi connectivity index (χ2v) is 6.09. The molecule has 20 heavy (non-hydrogen) atoms. The van der Waals surface area contributed by atoms with Crippen LogP contribution >= 0.6 is 0 Å². The lowest BCUT2D eigenvalue weighted by Gasteiger charge is -2.13. The Morgan fingerprint density at radius 1 is 1.00 bits per heavy atom. The summed E-state index contributed by atoms with van der Waals surface area (Å²) in [7, 11) is 0. The van der Waals surface area contributed by atoms with E-state index >= 15 is 0 Å². The maximum atomic E-state index is 5.59. The fraction of sp³-hybridized carbons (Fsp3) is 0.684. The van der Waals surface area contributed by atoms with Gasteiger partial charge in [-0.15, -0.1) is 0 Å². The molecule has 1 heteroatoms. The van der Waals surface area contributed by atoms with Gasteiger partial charge in [0.1, 0.15) is 0 Å². The number of aryl methyl sites for hydroxylation is 1. The van der Waals surface area contributed by atoms with Crippen molar-refractivity contribution in [2.75, 3.05) is 6.54 Å². The molecule has 0 saturated carbocycles. The van der Waals surface area contributed by atoms with Crippen LogP contribution in [0.2, 0.25) is 0 Å². The molecule has 0 heterocycles. The van der Waals surface area contributed by atoms with Gasteiger partial charge in [-0.3, -0.25) is 0 Å². The van der Waals surface area contributed by atoms with Gasteiger partial charge < -0.3 is 5.73 Å². The Morgan fingerprint density at radius 3 is 2.50 bits per heavy atom. The van der Waals surface area contributed by atoms with Crippen molar-refractivity contribution in [1.29, 1.82) is 0 Å². The Kier molecular flexibility index (Phi) is 9.40. The SMILES string of the molecule is CCCCCCCCC(C)c1cccc(CCCN)c1. The molecule has 114 valence electrons. The third-order valence-corrected chi connectivity index (χ3v) is 4.18. The largest absolute Gasteiger partial charge is 0.330 e. The third kappa shape index (κ3) is 7.09. The molecule has 1 aromatic rings. The van der Waals surface area contributed by atoms with Gasteiger partial charge in [0.2, 0.25) is 0 Å². The minimum Gasteiger partial charge on any atom is -0.330 e. The van der Waals surface area contributed by atoms with Gasteiger partial charge in [0, 0.05) is 0 Å². The van der Waals surface area contributed by atoms with Crippen LogP contribution in [0.15, 0.2) is 24.3 Å². The second-order valence-electron chi connectivity index (χ2n) is 6.09. The van der Waals surface area contributed by atoms with E-state index in [4.69, 9.17) is 5.73 Å². The monoisotopic (exact) mass is 275 g/mol. The summed E-state index contributed by atoms with van der Waals surface area (Å²) in [6, 6.07) is 9.11. The highest BCUT2D eigenvalue weighted by Crippen LogP contribution is 2.23. The van der Waals surface area contributed by atoms with Gasteiger partial charge in [-0.25, -0.2) is 0 Å². The summed E-state index contributed by atoms with van der Waals surface area (Å²) in [6.07, 6.45) is 11.9. The predicted octanol–water partition coefficient (Wildman–Crippen LogP) is 5.43. The van der Waals surface area contributed by atoms with Crippen molar-refractivity contribution in [1.82, 2.24) is 0 Å². The van der Waals surface area contributed by atoms with Crippen LogP contribution < -0.4 is 5.73 Å². The maximum absolute atomic E-state index is 5.59. The van der Waals surface area contributed by atoms with Crippen LogP contribution in [0.3, 0.4) is 0 Å². The lowest BCUT2D eigenvalue weighted by Crippen LogP contribution is -2.01. The second kappa shape index (κ2) is 10.9. The number of nitrogens with two attached hydrogens (primary N) is 1. The minimum absolute atomic E-state index is 0.694. The lowest BCUT2D eigenvalue weighted by atomic mass is 9.93. The number of hydrogen-bond donors (Lipinski definition) is 1. The van der Waals surface area contributed by atoms with E-state index in [0.717, 1.165) is 19.4 Å². The van der Waals surface area contributed by atoms with Crippen LogP contribution in [0.5, 0.6) is 0 Å². The average Bonchev–Trinajstić information content (AvgIpc) is 2.48. The van der Waals surface area contributed by atoms with Gasteiger partial charge in [0.15, 0.2) is 0 Å². The van der Waals surface area contributed by atoms with Gasteiger partial charge in [0.25, 0.3) is 0 Å². The van der Waals surface area contributed by atoms with Gasteiger partial charge >= 0.3 is 0 Å². The zero-order valence-corrected chi connectivity index (χ0v) is 13.5. The van der Waals surface area contributed by atoms with E-state index in [9.17, 15) is 0 Å². The van der Waals surface area contributed by atoms with Crippen molar-refractivity contribution in [2.24, 2.45) is 5.73 Å². The number of hydrogen-bond acceptors (Lipinski definition) is 1. The van der Waals surface area contributed by atoms with E-state index in [1.165, 1.54) is 56.1 Å². The molecule has 0 fully saturated rings. The smallest absolute Gasteiger partial charge is 0.00741 e. The molecule has 0 amide bonds. The Labute approximate surface area is 126 Å². The zero-order valence-electron chi connectivity index (χ0n) is 13.5. The van der Waals surface area contributed by atoms with Crippen LogP contribution in [-0.2, 0) is 6.42 Å². The molecule has 0 saturated heterocycles. The van der Waals surface area contributed by atoms with Crippen molar-refractivity contribution in [2.45, 2.75) is 77.6 Å². The summed E-state index contributed by atoms with van der Waals surface area (Å²) in [4.78, 5) is 0. The molecule has 0 radical (unpaired) electrons. The molecular weight excluding hydrogens is 242 g/mol. The van der Waals surface area contributed by atoms with E-state index < -0.39 is 0 Å². The molecule has 0 bridgehead atoms. The first-order chi connectivity index (χ1) is 9.77. The highest BCUT2D eigenvalue weighted by Gasteiger charge is 2.06. The first-order valence-electron chi connectivity index (χ1n) is 8.56. The zero-order chi connectivity index (χ0) is 14.6. The Balaban J connectivity index is 2.29. The van der Waals surface area contributed by atoms with Crippen molar-refractivity contribution in [3.05, 3.63) is 35.4 Å². The molecule has 0 aliphatic carbocycles. The average molecular weight is 275 g/mol. The van der Waals surface area contributed by atoms with Crippen molar-refractivity contribution >= 4 is 0 Å². The summed E-state index contributed by atoms with van der Waals surface area (Å²) in [5.74, 6) is 0.694. The Hall–Kier alpha value is -0.820. The molecule has 2 N–H and O–H groups in total. The quantitative estimate of drug-likeness (QED) is 0.535. The molecular formula is C19H33N. The van der Waals surface area contributed by atoms with Crippen LogP contribution in [0.4, 0.5) is 0 Å². The van der Waals surface area contributed by atoms with Crippen molar-refractivity contribution in [3.63, 3.8) is 0 Å². The van der Waals surface area contributed by atoms with Crippen molar-refractivity contribution in [3.8, 4) is 0 Å². The molecule has 1 aromatic carbocycles. The van der Waals surface area contributed by atoms with E-state index in [-0.39, 0.29) is 0 Å². The first kappa shape index (κ1) is 17.2. The normalized spacial score (nSPS) is 12.6. The predicted molar refractivity (Wildman–Crippen MR) is 90.2 cm³/mol. The highest BCUT2D eigenvalue weighted by molar-refractivity contribution is 5.26. The van der Waals surface area contributed by atoms with Crippen LogP contribution in [0.1, 0.15) is 82.3 Å². The van der Waals surface area contributed by atoms with Crippen molar-refractivity contribution < 1.29 is 0 Å². The van der Waals surface area contributed by atoms with Crippen LogP contribution in [0.25, 0.3) is 0 Å². The highest BCUT2D eigenvalue weighted by atomic mass is 14.5. The summed E-state index contributed by atoms with van der Waals surface area (Å²) in [6.45, 7) is 5.44. The Bertz CT molecular complexity index is 345. The first-order valence-corrected chi connectivity index (χ1v) is 8.56. The standard InChI is InChI=1S/C19H33N/c1-3-4-5-6-7-8-11-17(2)19-14-9-12-18(16-19)13-10-15-20/h9,12,14,16-17H,3-8,10-11,13,15,20H2,1-2H3. The summed E-state index contributed by atoms with van der Waals surface area (Å²) < 4.78 is 0. The third-order valence-electron chi connectivity index (χ3n) is 4.18. The summed E-state index contributed by atoms with van der Waals surface area (Å²) in [5, 5.41) is 0. The van der Waals surface area contributed by atoms with E-state index in [0.29, 0.717) is 5.92 Å². The number of rotatable bonds is 11. The van der Waals surface area contributed by atoms with E-state index in [1.807, 2.05) is 0 Å². The van der Waals surface area contributed by atoms with Crippen LogP contribution in [-0.4, -0.2) is 6.54 Å². The van der Waals surface area contributed by atoms with Gasteiger partial charge in [-0.2, -0.15) is 0 Å². The molecule has 0 aliphatic heterocycles. The lowest BCUT2D eigenvalue weighted by molar-refractivity contribution is 0.557. The molecule has 1 nitrogen and oxygen atoms in total. The van der Waals surface area contributed by atoms with E-state index in [2.05, 4.69) is 38.1 Å². The summed E-state index contributed by atoms with van der Waals surface area (Å²) in [5.41, 5.74) is 8.54. The van der Waals surface area contributed by atoms with Gasteiger partial charge in [-0.05, 0) is 42.9 Å². The Morgan fingerprint density at radius 2 is 1.75 bits per heavy atom. The van der Waals surface area contributed by atoms with Crippen LogP contribution in [0, 0.1) is 0 Å². The summed E-state index contributed by atoms with van der Waals surface area (Å²) >= 11 is 0. The fourth-order valence-corrected chi connectivity index (χ4v) is 2.76. The molecule has 1 unspecified atom stereocenters. The maximum Gasteiger partial charge on any atom is -0.00741 e. The van der Waals surface area contributed by atoms with E-state index in [1.54, 1.807) is 0 Å². The molecule has 0 aliphatic rings.